The number of hydrogen-bond acceptors (Lipinski definition) is 6. The third kappa shape index (κ3) is 4.77. The van der Waals surface area contributed by atoms with Crippen LogP contribution >= 0.6 is 0 Å². The predicted molar refractivity (Wildman–Crippen MR) is 116 cm³/mol. The van der Waals surface area contributed by atoms with Gasteiger partial charge in [0.2, 0.25) is 5.95 Å². The maximum atomic E-state index is 13.0. The van der Waals surface area contributed by atoms with E-state index in [2.05, 4.69) is 25.3 Å². The van der Waals surface area contributed by atoms with Crippen molar-refractivity contribution in [2.24, 2.45) is 5.92 Å². The van der Waals surface area contributed by atoms with E-state index in [9.17, 15) is 9.90 Å². The van der Waals surface area contributed by atoms with Gasteiger partial charge in [-0.05, 0) is 44.6 Å². The highest BCUT2D eigenvalue weighted by molar-refractivity contribution is 6.03. The zero-order valence-electron chi connectivity index (χ0n) is 18.2. The Hall–Kier alpha value is -2.78. The minimum atomic E-state index is -0.827. The summed E-state index contributed by atoms with van der Waals surface area (Å²) in [5.74, 6) is 0.320. The molecular weight excluding hydrogens is 396 g/mol. The molecule has 3 aromatic rings. The first kappa shape index (κ1) is 21.5. The minimum Gasteiger partial charge on any atom is -0.388 e. The maximum absolute atomic E-state index is 13.0. The molecule has 9 heteroatoms. The average molecular weight is 427 g/mol. The third-order valence-corrected chi connectivity index (χ3v) is 6.21. The van der Waals surface area contributed by atoms with E-state index in [4.69, 9.17) is 4.74 Å². The zero-order chi connectivity index (χ0) is 22.0. The van der Waals surface area contributed by atoms with Crippen LogP contribution in [0.5, 0.6) is 0 Å². The highest BCUT2D eigenvalue weighted by Gasteiger charge is 2.29. The number of imidazole rings is 1. The van der Waals surface area contributed by atoms with Crippen molar-refractivity contribution >= 4 is 16.9 Å². The molecule has 4 rings (SSSR count). The Morgan fingerprint density at radius 1 is 1.35 bits per heavy atom. The summed E-state index contributed by atoms with van der Waals surface area (Å²) in [6.07, 6.45) is 10.2. The van der Waals surface area contributed by atoms with Crippen LogP contribution in [0.25, 0.3) is 17.0 Å². The molecule has 0 aliphatic heterocycles. The van der Waals surface area contributed by atoms with Crippen molar-refractivity contribution in [3.05, 3.63) is 36.7 Å². The summed E-state index contributed by atoms with van der Waals surface area (Å²) in [5.41, 5.74) is 0.796. The number of carbonyl (C=O) groups is 1. The first-order chi connectivity index (χ1) is 14.8. The van der Waals surface area contributed by atoms with Crippen LogP contribution in [0.4, 0.5) is 0 Å². The fourth-order valence-corrected chi connectivity index (χ4v) is 3.67. The monoisotopic (exact) mass is 426 g/mol. The molecule has 1 saturated carbocycles. The number of nitrogens with zero attached hydrogens (tertiary/aromatic N) is 4. The van der Waals surface area contributed by atoms with Crippen LogP contribution < -0.4 is 5.32 Å². The maximum Gasteiger partial charge on any atom is 0.272 e. The first-order valence-corrected chi connectivity index (χ1v) is 10.8. The van der Waals surface area contributed by atoms with E-state index >= 15 is 0 Å². The number of nitrogens with one attached hydrogen (secondary N) is 2. The van der Waals surface area contributed by atoms with Gasteiger partial charge in [-0.25, -0.2) is 15.0 Å². The lowest BCUT2D eigenvalue weighted by molar-refractivity contribution is -0.0941. The molecule has 0 saturated heterocycles. The zero-order valence-corrected chi connectivity index (χ0v) is 18.2. The third-order valence-electron chi connectivity index (χ3n) is 6.21. The fraction of sp³-hybridized carbons (Fsp3) is 0.545. The van der Waals surface area contributed by atoms with Crippen molar-refractivity contribution in [2.45, 2.75) is 64.2 Å². The molecule has 1 aliphatic carbocycles. The second kappa shape index (κ2) is 8.76. The second-order valence-electron chi connectivity index (χ2n) is 8.85. The highest BCUT2D eigenvalue weighted by Crippen LogP contribution is 2.25. The highest BCUT2D eigenvalue weighted by atomic mass is 16.5. The minimum absolute atomic E-state index is 0.0645. The summed E-state index contributed by atoms with van der Waals surface area (Å²) in [4.78, 5) is 29.1. The lowest BCUT2D eigenvalue weighted by Crippen LogP contribution is -2.42. The summed E-state index contributed by atoms with van der Waals surface area (Å²) in [5, 5.41) is 13.5. The van der Waals surface area contributed by atoms with Crippen LogP contribution in [-0.4, -0.2) is 59.9 Å². The molecule has 3 N–H and O–H groups in total. The summed E-state index contributed by atoms with van der Waals surface area (Å²) < 4.78 is 7.63. The Balaban J connectivity index is 1.39. The quantitative estimate of drug-likeness (QED) is 0.534. The number of hydrogen-bond donors (Lipinski definition) is 3. The Labute approximate surface area is 181 Å². The van der Waals surface area contributed by atoms with Crippen LogP contribution in [0.1, 0.15) is 56.9 Å². The van der Waals surface area contributed by atoms with Gasteiger partial charge in [0.1, 0.15) is 6.33 Å². The van der Waals surface area contributed by atoms with Gasteiger partial charge in [0, 0.05) is 24.6 Å². The van der Waals surface area contributed by atoms with Gasteiger partial charge in [0.25, 0.3) is 5.91 Å². The lowest BCUT2D eigenvalue weighted by Gasteiger charge is -2.33. The van der Waals surface area contributed by atoms with E-state index in [1.54, 1.807) is 29.5 Å². The summed E-state index contributed by atoms with van der Waals surface area (Å²) >= 11 is 0. The van der Waals surface area contributed by atoms with E-state index in [0.29, 0.717) is 29.3 Å². The lowest BCUT2D eigenvalue weighted by atomic mass is 9.91. The molecule has 1 atom stereocenters. The molecule has 3 aromatic heterocycles. The van der Waals surface area contributed by atoms with E-state index in [0.717, 1.165) is 25.7 Å². The molecule has 0 unspecified atom stereocenters. The summed E-state index contributed by atoms with van der Waals surface area (Å²) in [7, 11) is 0. The van der Waals surface area contributed by atoms with Crippen molar-refractivity contribution < 1.29 is 14.6 Å². The SMILES string of the molecule is CC(C)[C@@](C)(O)COC1CCC(NC(=O)c2nc(-n3ccnc3)nc3cc[nH]c23)CC1. The number of carbonyl (C=O) groups excluding carboxylic acids is 1. The van der Waals surface area contributed by atoms with Crippen molar-refractivity contribution in [3.63, 3.8) is 0 Å². The Bertz CT molecular complexity index is 1020. The van der Waals surface area contributed by atoms with Gasteiger partial charge >= 0.3 is 0 Å². The van der Waals surface area contributed by atoms with Crippen LogP contribution in [0.15, 0.2) is 31.0 Å². The van der Waals surface area contributed by atoms with E-state index in [-0.39, 0.29) is 24.0 Å². The van der Waals surface area contributed by atoms with Gasteiger partial charge in [-0.3, -0.25) is 9.36 Å². The largest absolute Gasteiger partial charge is 0.388 e. The standard InChI is InChI=1S/C22H30N6O3/c1-14(2)22(3,30)12-31-16-6-4-15(5-7-16)25-20(29)19-18-17(8-9-24-18)26-21(27-19)28-11-10-23-13-28/h8-11,13-16,24,30H,4-7,12H2,1-3H3,(H,25,29)/t15?,16?,22-/m0/s1. The van der Waals surface area contributed by atoms with Crippen LogP contribution in [0.2, 0.25) is 0 Å². The Morgan fingerprint density at radius 2 is 2.13 bits per heavy atom. The molecule has 0 radical (unpaired) electrons. The number of ether oxygens (including phenoxy) is 1. The molecule has 1 fully saturated rings. The van der Waals surface area contributed by atoms with Crippen LogP contribution in [0.3, 0.4) is 0 Å². The average Bonchev–Trinajstić information content (AvgIpc) is 3.44. The smallest absolute Gasteiger partial charge is 0.272 e. The van der Waals surface area contributed by atoms with Gasteiger partial charge in [-0.1, -0.05) is 13.8 Å². The van der Waals surface area contributed by atoms with E-state index in [1.165, 1.54) is 0 Å². The number of aromatic nitrogens is 5. The Kier molecular flexibility index (Phi) is 6.06. The van der Waals surface area contributed by atoms with Crippen LogP contribution in [0, 0.1) is 5.92 Å². The number of H-pyrrole nitrogens is 1. The van der Waals surface area contributed by atoms with Crippen molar-refractivity contribution in [2.75, 3.05) is 6.61 Å². The molecule has 1 aliphatic rings. The Morgan fingerprint density at radius 3 is 2.81 bits per heavy atom. The van der Waals surface area contributed by atoms with Gasteiger partial charge in [-0.2, -0.15) is 0 Å². The number of aromatic amines is 1. The topological polar surface area (TPSA) is 118 Å². The number of aliphatic hydroxyl groups is 1. The predicted octanol–water partition coefficient (Wildman–Crippen LogP) is 2.61. The van der Waals surface area contributed by atoms with Crippen LogP contribution in [-0.2, 0) is 4.74 Å². The molecule has 1 amide bonds. The summed E-state index contributed by atoms with van der Waals surface area (Å²) in [6.45, 7) is 6.12. The fourth-order valence-electron chi connectivity index (χ4n) is 3.67. The first-order valence-electron chi connectivity index (χ1n) is 10.8. The van der Waals surface area contributed by atoms with Gasteiger partial charge in [0.15, 0.2) is 5.69 Å². The second-order valence-corrected chi connectivity index (χ2v) is 8.85. The number of amides is 1. The molecule has 31 heavy (non-hydrogen) atoms. The normalized spacial score (nSPS) is 21.3. The van der Waals surface area contributed by atoms with Gasteiger partial charge in [0.05, 0.1) is 29.3 Å². The van der Waals surface area contributed by atoms with Crippen molar-refractivity contribution in [1.82, 2.24) is 29.8 Å². The summed E-state index contributed by atoms with van der Waals surface area (Å²) in [6, 6.07) is 1.89. The number of fused-ring (bicyclic) bond motifs is 1. The molecule has 3 heterocycles. The van der Waals surface area contributed by atoms with E-state index in [1.807, 2.05) is 26.8 Å². The molecule has 0 spiro atoms. The van der Waals surface area contributed by atoms with Crippen molar-refractivity contribution in [1.29, 1.82) is 0 Å². The molecule has 0 bridgehead atoms. The molecule has 0 aromatic carbocycles. The number of rotatable bonds is 7. The van der Waals surface area contributed by atoms with Crippen molar-refractivity contribution in [3.8, 4) is 5.95 Å². The van der Waals surface area contributed by atoms with Gasteiger partial charge < -0.3 is 20.1 Å². The molecule has 166 valence electrons. The molecule has 9 nitrogen and oxygen atoms in total. The molecular formula is C22H30N6O3. The van der Waals surface area contributed by atoms with Gasteiger partial charge in [-0.15, -0.1) is 0 Å². The van der Waals surface area contributed by atoms with E-state index < -0.39 is 5.60 Å².